The Morgan fingerprint density at radius 3 is 3.00 bits per heavy atom. The summed E-state index contributed by atoms with van der Waals surface area (Å²) in [5.41, 5.74) is 1.35. The Labute approximate surface area is 128 Å². The summed E-state index contributed by atoms with van der Waals surface area (Å²) in [7, 11) is 1.66. The van der Waals surface area contributed by atoms with Crippen LogP contribution >= 0.6 is 11.6 Å². The Bertz CT molecular complexity index is 595. The summed E-state index contributed by atoms with van der Waals surface area (Å²) in [5, 5.41) is 3.32. The maximum atomic E-state index is 13.9. The first-order chi connectivity index (χ1) is 10.2. The molecule has 1 aromatic heterocycles. The Hall–Kier alpha value is -1.56. The van der Waals surface area contributed by atoms with Gasteiger partial charge in [0.1, 0.15) is 11.6 Å². The van der Waals surface area contributed by atoms with Crippen LogP contribution in [0.15, 0.2) is 30.5 Å². The molecule has 2 rings (SSSR count). The first-order valence-corrected chi connectivity index (χ1v) is 7.02. The molecular formula is C15H17ClFN3O. The normalized spacial score (nSPS) is 10.8. The zero-order valence-corrected chi connectivity index (χ0v) is 12.5. The van der Waals surface area contributed by atoms with Crippen LogP contribution in [0.4, 0.5) is 4.39 Å². The van der Waals surface area contributed by atoms with E-state index in [4.69, 9.17) is 16.3 Å². The van der Waals surface area contributed by atoms with Crippen molar-refractivity contribution in [2.24, 2.45) is 0 Å². The SMILES string of the molecule is COCCNCc1ccnc(Cc2cccc(Cl)c2F)n1. The molecular weight excluding hydrogens is 293 g/mol. The van der Waals surface area contributed by atoms with Crippen LogP contribution in [-0.4, -0.2) is 30.2 Å². The van der Waals surface area contributed by atoms with Crippen molar-refractivity contribution in [1.82, 2.24) is 15.3 Å². The summed E-state index contributed by atoms with van der Waals surface area (Å²) >= 11 is 5.77. The summed E-state index contributed by atoms with van der Waals surface area (Å²) < 4.78 is 18.8. The van der Waals surface area contributed by atoms with Gasteiger partial charge in [0.25, 0.3) is 0 Å². The van der Waals surface area contributed by atoms with Crippen molar-refractivity contribution >= 4 is 11.6 Å². The van der Waals surface area contributed by atoms with Crippen LogP contribution < -0.4 is 5.32 Å². The highest BCUT2D eigenvalue weighted by Crippen LogP contribution is 2.19. The van der Waals surface area contributed by atoms with Crippen molar-refractivity contribution in [3.05, 3.63) is 58.4 Å². The van der Waals surface area contributed by atoms with Crippen LogP contribution in [0.25, 0.3) is 0 Å². The number of methoxy groups -OCH3 is 1. The van der Waals surface area contributed by atoms with Crippen LogP contribution in [0, 0.1) is 5.82 Å². The lowest BCUT2D eigenvalue weighted by Gasteiger charge is -2.07. The van der Waals surface area contributed by atoms with Crippen LogP contribution in [0.2, 0.25) is 5.02 Å². The van der Waals surface area contributed by atoms with E-state index in [-0.39, 0.29) is 5.02 Å². The van der Waals surface area contributed by atoms with Gasteiger partial charge in [-0.25, -0.2) is 14.4 Å². The molecule has 0 radical (unpaired) electrons. The third kappa shape index (κ3) is 4.74. The molecule has 4 nitrogen and oxygen atoms in total. The van der Waals surface area contributed by atoms with Crippen molar-refractivity contribution in [1.29, 1.82) is 0 Å². The molecule has 0 saturated heterocycles. The highest BCUT2D eigenvalue weighted by molar-refractivity contribution is 6.30. The Morgan fingerprint density at radius 1 is 1.33 bits per heavy atom. The fourth-order valence-electron chi connectivity index (χ4n) is 1.87. The number of benzene rings is 1. The van der Waals surface area contributed by atoms with Gasteiger partial charge in [-0.1, -0.05) is 23.7 Å². The second kappa shape index (κ2) is 8.02. The van der Waals surface area contributed by atoms with E-state index in [9.17, 15) is 4.39 Å². The standard InChI is InChI=1S/C15H17ClFN3O/c1-21-8-7-18-10-12-5-6-19-14(20-12)9-11-3-2-4-13(16)15(11)17/h2-6,18H,7-10H2,1H3. The van der Waals surface area contributed by atoms with Gasteiger partial charge < -0.3 is 10.1 Å². The number of halogens is 2. The molecule has 0 saturated carbocycles. The van der Waals surface area contributed by atoms with Crippen molar-refractivity contribution in [2.75, 3.05) is 20.3 Å². The topological polar surface area (TPSA) is 47.0 Å². The Morgan fingerprint density at radius 2 is 2.19 bits per heavy atom. The summed E-state index contributed by atoms with van der Waals surface area (Å²) in [4.78, 5) is 8.59. The van der Waals surface area contributed by atoms with E-state index in [0.29, 0.717) is 31.0 Å². The number of nitrogens with zero attached hydrogens (tertiary/aromatic N) is 2. The van der Waals surface area contributed by atoms with Crippen molar-refractivity contribution in [2.45, 2.75) is 13.0 Å². The highest BCUT2D eigenvalue weighted by atomic mass is 35.5. The van der Waals surface area contributed by atoms with Gasteiger partial charge in [0.2, 0.25) is 0 Å². The molecule has 1 aromatic carbocycles. The molecule has 1 heterocycles. The monoisotopic (exact) mass is 309 g/mol. The molecule has 0 fully saturated rings. The third-order valence-electron chi connectivity index (χ3n) is 2.93. The van der Waals surface area contributed by atoms with Gasteiger partial charge in [-0.05, 0) is 17.7 Å². The molecule has 0 amide bonds. The lowest BCUT2D eigenvalue weighted by molar-refractivity contribution is 0.199. The summed E-state index contributed by atoms with van der Waals surface area (Å²) in [6, 6.07) is 6.76. The zero-order valence-electron chi connectivity index (χ0n) is 11.8. The maximum absolute atomic E-state index is 13.9. The molecule has 0 aliphatic heterocycles. The van der Waals surface area contributed by atoms with E-state index in [1.165, 1.54) is 6.07 Å². The van der Waals surface area contributed by atoms with Gasteiger partial charge in [-0.15, -0.1) is 0 Å². The predicted molar refractivity (Wildman–Crippen MR) is 79.8 cm³/mol. The molecule has 0 bridgehead atoms. The van der Waals surface area contributed by atoms with Gasteiger partial charge in [0.05, 0.1) is 17.3 Å². The van der Waals surface area contributed by atoms with E-state index >= 15 is 0 Å². The fraction of sp³-hybridized carbons (Fsp3) is 0.333. The molecule has 112 valence electrons. The number of hydrogen-bond acceptors (Lipinski definition) is 4. The number of rotatable bonds is 7. The average molecular weight is 310 g/mol. The smallest absolute Gasteiger partial charge is 0.145 e. The van der Waals surface area contributed by atoms with Crippen LogP contribution in [0.5, 0.6) is 0 Å². The quantitative estimate of drug-likeness (QED) is 0.799. The van der Waals surface area contributed by atoms with E-state index < -0.39 is 5.82 Å². The van der Waals surface area contributed by atoms with Gasteiger partial charge in [-0.2, -0.15) is 0 Å². The Balaban J connectivity index is 2.02. The van der Waals surface area contributed by atoms with Crippen LogP contribution in [-0.2, 0) is 17.7 Å². The van der Waals surface area contributed by atoms with Gasteiger partial charge >= 0.3 is 0 Å². The third-order valence-corrected chi connectivity index (χ3v) is 3.22. The molecule has 2 aromatic rings. The minimum absolute atomic E-state index is 0.116. The number of nitrogens with one attached hydrogen (secondary N) is 1. The van der Waals surface area contributed by atoms with Crippen LogP contribution in [0.3, 0.4) is 0 Å². The molecule has 0 spiro atoms. The molecule has 1 N–H and O–H groups in total. The number of hydrogen-bond donors (Lipinski definition) is 1. The first kappa shape index (κ1) is 15.8. The van der Waals surface area contributed by atoms with Gasteiger partial charge in [0.15, 0.2) is 0 Å². The largest absolute Gasteiger partial charge is 0.383 e. The van der Waals surface area contributed by atoms with Crippen molar-refractivity contribution in [3.8, 4) is 0 Å². The fourth-order valence-corrected chi connectivity index (χ4v) is 2.07. The lowest BCUT2D eigenvalue weighted by Crippen LogP contribution is -2.19. The second-order valence-electron chi connectivity index (χ2n) is 4.52. The van der Waals surface area contributed by atoms with E-state index in [0.717, 1.165) is 12.2 Å². The van der Waals surface area contributed by atoms with E-state index in [1.54, 1.807) is 25.4 Å². The summed E-state index contributed by atoms with van der Waals surface area (Å²) in [5.74, 6) is 0.161. The Kier molecular flexibility index (Phi) is 6.04. The lowest BCUT2D eigenvalue weighted by atomic mass is 10.1. The maximum Gasteiger partial charge on any atom is 0.145 e. The van der Waals surface area contributed by atoms with Crippen molar-refractivity contribution < 1.29 is 9.13 Å². The van der Waals surface area contributed by atoms with E-state index in [2.05, 4.69) is 15.3 Å². The highest BCUT2D eigenvalue weighted by Gasteiger charge is 2.09. The minimum atomic E-state index is -0.411. The average Bonchev–Trinajstić information content (AvgIpc) is 2.49. The van der Waals surface area contributed by atoms with E-state index in [1.807, 2.05) is 6.07 Å². The minimum Gasteiger partial charge on any atom is -0.383 e. The first-order valence-electron chi connectivity index (χ1n) is 6.64. The van der Waals surface area contributed by atoms with Crippen molar-refractivity contribution in [3.63, 3.8) is 0 Å². The van der Waals surface area contributed by atoms with Gasteiger partial charge in [-0.3, -0.25) is 0 Å². The molecule has 0 atom stereocenters. The number of aromatic nitrogens is 2. The molecule has 6 heteroatoms. The molecule has 0 unspecified atom stereocenters. The zero-order chi connectivity index (χ0) is 15.1. The van der Waals surface area contributed by atoms with Crippen LogP contribution in [0.1, 0.15) is 17.1 Å². The second-order valence-corrected chi connectivity index (χ2v) is 4.93. The molecule has 0 aliphatic rings. The summed E-state index contributed by atoms with van der Waals surface area (Å²) in [6.45, 7) is 2.02. The predicted octanol–water partition coefficient (Wildman–Crippen LogP) is 2.60. The van der Waals surface area contributed by atoms with Gasteiger partial charge in [0, 0.05) is 32.8 Å². The number of ether oxygens (including phenoxy) is 1. The molecule has 21 heavy (non-hydrogen) atoms. The summed E-state index contributed by atoms with van der Waals surface area (Å²) in [6.07, 6.45) is 2.00. The molecule has 0 aliphatic carbocycles.